The highest BCUT2D eigenvalue weighted by Gasteiger charge is 2.40. The topological polar surface area (TPSA) is 55.0 Å². The molecule has 1 saturated carbocycles. The summed E-state index contributed by atoms with van der Waals surface area (Å²) >= 11 is 4.96. The van der Waals surface area contributed by atoms with Gasteiger partial charge in [-0.3, -0.25) is 0 Å². The number of hydrogen-bond donors (Lipinski definition) is 1. The van der Waals surface area contributed by atoms with E-state index in [9.17, 15) is 0 Å². The van der Waals surface area contributed by atoms with Gasteiger partial charge in [-0.1, -0.05) is 11.3 Å². The number of halogens is 2. The van der Waals surface area contributed by atoms with Crippen molar-refractivity contribution in [2.24, 2.45) is 17.6 Å². The van der Waals surface area contributed by atoms with Crippen molar-refractivity contribution < 1.29 is 0 Å². The van der Waals surface area contributed by atoms with E-state index in [1.807, 2.05) is 0 Å². The van der Waals surface area contributed by atoms with Gasteiger partial charge in [0.1, 0.15) is 0 Å². The smallest absolute Gasteiger partial charge is 0.209 e. The monoisotopic (exact) mass is 324 g/mol. The highest BCUT2D eigenvalue weighted by molar-refractivity contribution is 9.11. The zero-order valence-corrected chi connectivity index (χ0v) is 11.9. The Morgan fingerprint density at radius 1 is 1.25 bits per heavy atom. The van der Waals surface area contributed by atoms with Crippen LogP contribution in [0.1, 0.15) is 12.8 Å². The molecule has 0 radical (unpaired) electrons. The fourth-order valence-corrected chi connectivity index (χ4v) is 3.85. The molecular formula is C9H14BrClN4S. The molecule has 2 N–H and O–H groups in total. The second-order valence-corrected chi connectivity index (χ2v) is 6.65. The lowest BCUT2D eigenvalue weighted by molar-refractivity contribution is 0.356. The fourth-order valence-electron chi connectivity index (χ4n) is 2.75. The van der Waals surface area contributed by atoms with Gasteiger partial charge in [0.05, 0.1) is 0 Å². The maximum Gasteiger partial charge on any atom is 0.209 e. The molecule has 2 aliphatic rings. The lowest BCUT2D eigenvalue weighted by Gasteiger charge is -2.35. The van der Waals surface area contributed by atoms with Gasteiger partial charge >= 0.3 is 0 Å². The van der Waals surface area contributed by atoms with Crippen LogP contribution in [-0.2, 0) is 0 Å². The van der Waals surface area contributed by atoms with Crippen LogP contribution in [0.15, 0.2) is 3.92 Å². The highest BCUT2D eigenvalue weighted by Crippen LogP contribution is 2.38. The van der Waals surface area contributed by atoms with Crippen molar-refractivity contribution in [3.63, 3.8) is 0 Å². The third-order valence-corrected chi connectivity index (χ3v) is 4.98. The zero-order chi connectivity index (χ0) is 10.4. The SMILES string of the molecule is Cl.N[C@@H]1[C@@H]2CC[C@H]1CN(c1nnc(Br)s1)C2. The van der Waals surface area contributed by atoms with Gasteiger partial charge in [-0.05, 0) is 40.6 Å². The molecule has 2 heterocycles. The van der Waals surface area contributed by atoms with Crippen molar-refractivity contribution in [1.29, 1.82) is 0 Å². The minimum Gasteiger partial charge on any atom is -0.346 e. The van der Waals surface area contributed by atoms with E-state index in [0.29, 0.717) is 17.9 Å². The summed E-state index contributed by atoms with van der Waals surface area (Å²) in [5, 5.41) is 9.19. The summed E-state index contributed by atoms with van der Waals surface area (Å²) in [7, 11) is 0. The molecule has 1 saturated heterocycles. The number of nitrogens with two attached hydrogens (primary N) is 1. The third kappa shape index (κ3) is 2.08. The molecule has 0 amide bonds. The molecule has 1 aliphatic heterocycles. The standard InChI is InChI=1S/C9H13BrN4S.ClH/c10-8-12-13-9(15-8)14-3-5-1-2-6(4-14)7(5)11;/h5-7H,1-4,11H2;1H/t5-,6+,7-;. The molecule has 0 aromatic carbocycles. The van der Waals surface area contributed by atoms with Crippen LogP contribution in [0.2, 0.25) is 0 Å². The van der Waals surface area contributed by atoms with Crippen LogP contribution in [0, 0.1) is 11.8 Å². The normalized spacial score (nSPS) is 32.6. The quantitative estimate of drug-likeness (QED) is 0.857. The van der Waals surface area contributed by atoms with Crippen molar-refractivity contribution in [2.75, 3.05) is 18.0 Å². The molecule has 1 aliphatic carbocycles. The number of nitrogens with zero attached hydrogens (tertiary/aromatic N) is 3. The highest BCUT2D eigenvalue weighted by atomic mass is 79.9. The van der Waals surface area contributed by atoms with E-state index in [1.165, 1.54) is 12.8 Å². The molecule has 16 heavy (non-hydrogen) atoms. The van der Waals surface area contributed by atoms with Gasteiger partial charge < -0.3 is 10.6 Å². The average molecular weight is 326 g/mol. The molecule has 90 valence electrons. The number of piperidine rings is 1. The van der Waals surface area contributed by atoms with Crippen LogP contribution < -0.4 is 10.6 Å². The first-order chi connectivity index (χ1) is 7.24. The first-order valence-corrected chi connectivity index (χ1v) is 6.84. The molecular weight excluding hydrogens is 312 g/mol. The molecule has 0 spiro atoms. The minimum absolute atomic E-state index is 0. The van der Waals surface area contributed by atoms with E-state index in [1.54, 1.807) is 11.3 Å². The number of aromatic nitrogens is 2. The number of rotatable bonds is 1. The Kier molecular flexibility index (Phi) is 3.73. The van der Waals surface area contributed by atoms with Gasteiger partial charge in [0, 0.05) is 19.1 Å². The second kappa shape index (κ2) is 4.76. The minimum atomic E-state index is 0. The Labute approximate surface area is 113 Å². The summed E-state index contributed by atoms with van der Waals surface area (Å²) in [6, 6.07) is 0.414. The molecule has 2 fully saturated rings. The molecule has 0 unspecified atom stereocenters. The van der Waals surface area contributed by atoms with Gasteiger partial charge in [-0.2, -0.15) is 0 Å². The summed E-state index contributed by atoms with van der Waals surface area (Å²) in [5.41, 5.74) is 6.16. The van der Waals surface area contributed by atoms with Gasteiger partial charge in [0.25, 0.3) is 0 Å². The second-order valence-electron chi connectivity index (χ2n) is 4.42. The van der Waals surface area contributed by atoms with E-state index in [2.05, 4.69) is 31.0 Å². The van der Waals surface area contributed by atoms with Gasteiger partial charge in [0.2, 0.25) is 5.13 Å². The van der Waals surface area contributed by atoms with Crippen molar-refractivity contribution >= 4 is 44.8 Å². The van der Waals surface area contributed by atoms with Crippen LogP contribution in [-0.4, -0.2) is 29.3 Å². The van der Waals surface area contributed by atoms with E-state index < -0.39 is 0 Å². The van der Waals surface area contributed by atoms with Crippen molar-refractivity contribution in [3.8, 4) is 0 Å². The Hall–Kier alpha value is 0.0900. The molecule has 3 atom stereocenters. The lowest BCUT2D eigenvalue weighted by Crippen LogP contribution is -2.48. The number of fused-ring (bicyclic) bond motifs is 2. The molecule has 7 heteroatoms. The number of anilines is 1. The van der Waals surface area contributed by atoms with Crippen molar-refractivity contribution in [3.05, 3.63) is 3.92 Å². The van der Waals surface area contributed by atoms with Crippen LogP contribution >= 0.6 is 39.7 Å². The molecule has 1 aromatic heterocycles. The predicted molar refractivity (Wildman–Crippen MR) is 71.3 cm³/mol. The largest absolute Gasteiger partial charge is 0.346 e. The fraction of sp³-hybridized carbons (Fsp3) is 0.778. The molecule has 2 bridgehead atoms. The predicted octanol–water partition coefficient (Wildman–Crippen LogP) is 1.90. The van der Waals surface area contributed by atoms with Crippen LogP contribution in [0.4, 0.5) is 5.13 Å². The van der Waals surface area contributed by atoms with Crippen LogP contribution in [0.25, 0.3) is 0 Å². The molecule has 4 nitrogen and oxygen atoms in total. The lowest BCUT2D eigenvalue weighted by atomic mass is 9.93. The third-order valence-electron chi connectivity index (χ3n) is 3.57. The number of hydrogen-bond acceptors (Lipinski definition) is 5. The Balaban J connectivity index is 0.000000963. The van der Waals surface area contributed by atoms with Gasteiger partial charge in [-0.25, -0.2) is 0 Å². The van der Waals surface area contributed by atoms with E-state index in [4.69, 9.17) is 5.73 Å². The van der Waals surface area contributed by atoms with Crippen LogP contribution in [0.3, 0.4) is 0 Å². The molecule has 1 aromatic rings. The van der Waals surface area contributed by atoms with Crippen molar-refractivity contribution in [2.45, 2.75) is 18.9 Å². The Morgan fingerprint density at radius 2 is 1.88 bits per heavy atom. The summed E-state index contributed by atoms with van der Waals surface area (Å²) in [6.45, 7) is 2.11. The zero-order valence-electron chi connectivity index (χ0n) is 8.67. The summed E-state index contributed by atoms with van der Waals surface area (Å²) < 4.78 is 0.861. The summed E-state index contributed by atoms with van der Waals surface area (Å²) in [4.78, 5) is 2.34. The van der Waals surface area contributed by atoms with Crippen molar-refractivity contribution in [1.82, 2.24) is 10.2 Å². The maximum absolute atomic E-state index is 6.16. The Bertz CT molecular complexity index is 360. The summed E-state index contributed by atoms with van der Waals surface area (Å²) in [5.74, 6) is 1.32. The van der Waals surface area contributed by atoms with Gasteiger partial charge in [0.15, 0.2) is 3.92 Å². The van der Waals surface area contributed by atoms with E-state index >= 15 is 0 Å². The summed E-state index contributed by atoms with van der Waals surface area (Å²) in [6.07, 6.45) is 2.56. The first-order valence-electron chi connectivity index (χ1n) is 5.23. The van der Waals surface area contributed by atoms with E-state index in [-0.39, 0.29) is 12.4 Å². The first kappa shape index (κ1) is 12.5. The Morgan fingerprint density at radius 3 is 2.38 bits per heavy atom. The van der Waals surface area contributed by atoms with Crippen LogP contribution in [0.5, 0.6) is 0 Å². The van der Waals surface area contributed by atoms with E-state index in [0.717, 1.165) is 22.1 Å². The molecule has 3 rings (SSSR count). The average Bonchev–Trinajstić information content (AvgIpc) is 2.70. The van der Waals surface area contributed by atoms with Gasteiger partial charge in [-0.15, -0.1) is 22.6 Å². The maximum atomic E-state index is 6.16.